The maximum absolute atomic E-state index is 12.4. The minimum atomic E-state index is 0.0880. The molecule has 0 saturated heterocycles. The maximum Gasteiger partial charge on any atom is 0.181 e. The summed E-state index contributed by atoms with van der Waals surface area (Å²) in [6, 6.07) is 3.80. The van der Waals surface area contributed by atoms with Crippen LogP contribution in [0, 0.1) is 0 Å². The quantitative estimate of drug-likeness (QED) is 0.572. The second kappa shape index (κ2) is 7.07. The number of rotatable bonds is 7. The van der Waals surface area contributed by atoms with Gasteiger partial charge in [0.25, 0.3) is 0 Å². The van der Waals surface area contributed by atoms with Crippen molar-refractivity contribution in [3.8, 4) is 11.5 Å². The van der Waals surface area contributed by atoms with E-state index in [1.54, 1.807) is 14.2 Å². The highest BCUT2D eigenvalue weighted by atomic mass is 16.5. The number of aliphatic imine (C=N–C) groups is 1. The molecule has 1 aliphatic rings. The number of benzene rings is 1. The molecule has 1 heterocycles. The lowest BCUT2D eigenvalue weighted by Gasteiger charge is -2.19. The molecule has 1 aliphatic heterocycles. The van der Waals surface area contributed by atoms with Gasteiger partial charge in [-0.1, -0.05) is 6.08 Å². The van der Waals surface area contributed by atoms with Gasteiger partial charge in [-0.3, -0.25) is 9.79 Å². The average Bonchev–Trinajstić information content (AvgIpc) is 2.52. The molecular formula is C17H21NO3. The number of allylic oxidation sites excluding steroid dienone is 1. The van der Waals surface area contributed by atoms with Gasteiger partial charge in [0.1, 0.15) is 5.71 Å². The second-order valence-corrected chi connectivity index (χ2v) is 4.95. The third-order valence-corrected chi connectivity index (χ3v) is 3.59. The lowest BCUT2D eigenvalue weighted by molar-refractivity contribution is -0.113. The molecule has 0 atom stereocenters. The van der Waals surface area contributed by atoms with Gasteiger partial charge in [0.05, 0.1) is 14.2 Å². The molecule has 0 N–H and O–H groups in total. The fraction of sp³-hybridized carbons (Fsp3) is 0.412. The van der Waals surface area contributed by atoms with E-state index in [-0.39, 0.29) is 5.78 Å². The number of fused-ring (bicyclic) bond motifs is 1. The van der Waals surface area contributed by atoms with Crippen molar-refractivity contribution in [3.05, 3.63) is 35.9 Å². The van der Waals surface area contributed by atoms with E-state index in [2.05, 4.69) is 11.6 Å². The number of methoxy groups -OCH3 is 2. The molecule has 0 amide bonds. The van der Waals surface area contributed by atoms with E-state index in [0.29, 0.717) is 30.2 Å². The molecular weight excluding hydrogens is 266 g/mol. The van der Waals surface area contributed by atoms with Crippen LogP contribution in [-0.4, -0.2) is 32.3 Å². The summed E-state index contributed by atoms with van der Waals surface area (Å²) >= 11 is 0. The van der Waals surface area contributed by atoms with E-state index in [4.69, 9.17) is 9.47 Å². The van der Waals surface area contributed by atoms with Gasteiger partial charge in [0, 0.05) is 18.5 Å². The highest BCUT2D eigenvalue weighted by molar-refractivity contribution is 6.46. The van der Waals surface area contributed by atoms with Crippen LogP contribution < -0.4 is 9.47 Å². The Kier molecular flexibility index (Phi) is 5.14. The predicted molar refractivity (Wildman–Crippen MR) is 83.7 cm³/mol. The summed E-state index contributed by atoms with van der Waals surface area (Å²) in [5.41, 5.74) is 2.54. The molecule has 0 saturated carbocycles. The number of unbranched alkanes of at least 4 members (excludes halogenated alkanes) is 1. The van der Waals surface area contributed by atoms with Crippen LogP contribution >= 0.6 is 0 Å². The van der Waals surface area contributed by atoms with E-state index in [0.717, 1.165) is 30.4 Å². The van der Waals surface area contributed by atoms with Crippen LogP contribution in [0.3, 0.4) is 0 Å². The molecule has 0 aliphatic carbocycles. The Morgan fingerprint density at radius 2 is 2.05 bits per heavy atom. The van der Waals surface area contributed by atoms with Crippen LogP contribution in [0.1, 0.15) is 30.4 Å². The van der Waals surface area contributed by atoms with E-state index >= 15 is 0 Å². The molecule has 0 spiro atoms. The van der Waals surface area contributed by atoms with E-state index in [9.17, 15) is 4.79 Å². The maximum atomic E-state index is 12.4. The highest BCUT2D eigenvalue weighted by Crippen LogP contribution is 2.32. The smallest absolute Gasteiger partial charge is 0.181 e. The zero-order chi connectivity index (χ0) is 15.2. The van der Waals surface area contributed by atoms with Crippen LogP contribution in [0.2, 0.25) is 0 Å². The van der Waals surface area contributed by atoms with Gasteiger partial charge in [-0.2, -0.15) is 0 Å². The van der Waals surface area contributed by atoms with Gasteiger partial charge in [0.15, 0.2) is 17.3 Å². The van der Waals surface area contributed by atoms with E-state index in [1.807, 2.05) is 18.2 Å². The van der Waals surface area contributed by atoms with Gasteiger partial charge in [-0.05, 0) is 37.0 Å². The summed E-state index contributed by atoms with van der Waals surface area (Å²) in [5, 5.41) is 0. The summed E-state index contributed by atoms with van der Waals surface area (Å²) in [6.07, 6.45) is 4.80. The lowest BCUT2D eigenvalue weighted by Crippen LogP contribution is -2.22. The fourth-order valence-electron chi connectivity index (χ4n) is 2.49. The molecule has 4 nitrogen and oxygen atoms in total. The van der Waals surface area contributed by atoms with Crippen molar-refractivity contribution < 1.29 is 14.3 Å². The number of ketones is 1. The Morgan fingerprint density at radius 3 is 2.71 bits per heavy atom. The Bertz CT molecular complexity index is 576. The van der Waals surface area contributed by atoms with Crippen molar-refractivity contribution in [1.29, 1.82) is 0 Å². The molecule has 2 rings (SSSR count). The molecule has 1 aromatic carbocycles. The third kappa shape index (κ3) is 3.32. The van der Waals surface area contributed by atoms with Gasteiger partial charge in [0.2, 0.25) is 0 Å². The second-order valence-electron chi connectivity index (χ2n) is 4.95. The Morgan fingerprint density at radius 1 is 1.33 bits per heavy atom. The van der Waals surface area contributed by atoms with E-state index in [1.165, 1.54) is 0 Å². The van der Waals surface area contributed by atoms with Crippen LogP contribution in [0.5, 0.6) is 11.5 Å². The molecule has 112 valence electrons. The van der Waals surface area contributed by atoms with Crippen molar-refractivity contribution in [3.63, 3.8) is 0 Å². The van der Waals surface area contributed by atoms with Crippen LogP contribution in [0.15, 0.2) is 29.8 Å². The molecule has 1 aromatic rings. The van der Waals surface area contributed by atoms with Gasteiger partial charge in [-0.25, -0.2) is 0 Å². The Labute approximate surface area is 125 Å². The average molecular weight is 287 g/mol. The first-order chi connectivity index (χ1) is 10.2. The number of carbonyl (C=O) groups is 1. The monoisotopic (exact) mass is 287 g/mol. The van der Waals surface area contributed by atoms with Crippen molar-refractivity contribution in [2.24, 2.45) is 4.99 Å². The van der Waals surface area contributed by atoms with Crippen molar-refractivity contribution in [1.82, 2.24) is 0 Å². The molecule has 0 unspecified atom stereocenters. The number of carbonyl (C=O) groups excluding carboxylic acids is 1. The van der Waals surface area contributed by atoms with Gasteiger partial charge >= 0.3 is 0 Å². The van der Waals surface area contributed by atoms with Crippen LogP contribution in [0.25, 0.3) is 0 Å². The SMILES string of the molecule is C=CCCCC(=O)C1=NCCc2cc(OC)c(OC)cc21. The third-order valence-electron chi connectivity index (χ3n) is 3.59. The molecule has 0 fully saturated rings. The van der Waals surface area contributed by atoms with E-state index < -0.39 is 0 Å². The standard InChI is InChI=1S/C17H21NO3/c1-4-5-6-7-14(19)17-13-11-16(21-3)15(20-2)10-12(13)8-9-18-17/h4,10-11H,1,5-9H2,2-3H3. The largest absolute Gasteiger partial charge is 0.493 e. The zero-order valence-electron chi connectivity index (χ0n) is 12.6. The summed E-state index contributed by atoms with van der Waals surface area (Å²) in [4.78, 5) is 16.8. The molecule has 21 heavy (non-hydrogen) atoms. The number of hydrogen-bond acceptors (Lipinski definition) is 4. The van der Waals surface area contributed by atoms with Gasteiger partial charge in [-0.15, -0.1) is 6.58 Å². The molecule has 4 heteroatoms. The summed E-state index contributed by atoms with van der Waals surface area (Å²) < 4.78 is 10.6. The lowest BCUT2D eigenvalue weighted by atomic mass is 9.93. The first kappa shape index (κ1) is 15.3. The zero-order valence-corrected chi connectivity index (χ0v) is 12.6. The minimum Gasteiger partial charge on any atom is -0.493 e. The Hall–Kier alpha value is -2.10. The van der Waals surface area contributed by atoms with Crippen LogP contribution in [-0.2, 0) is 11.2 Å². The van der Waals surface area contributed by atoms with Crippen molar-refractivity contribution >= 4 is 11.5 Å². The molecule has 0 aromatic heterocycles. The number of ether oxygens (including phenoxy) is 2. The summed E-state index contributed by atoms with van der Waals surface area (Å²) in [7, 11) is 3.21. The molecule has 0 bridgehead atoms. The highest BCUT2D eigenvalue weighted by Gasteiger charge is 2.22. The van der Waals surface area contributed by atoms with Crippen molar-refractivity contribution in [2.45, 2.75) is 25.7 Å². The predicted octanol–water partition coefficient (Wildman–Crippen LogP) is 2.97. The van der Waals surface area contributed by atoms with Gasteiger partial charge < -0.3 is 9.47 Å². The number of nitrogens with zero attached hydrogens (tertiary/aromatic N) is 1. The normalized spacial score (nSPS) is 13.1. The topological polar surface area (TPSA) is 47.9 Å². The summed E-state index contributed by atoms with van der Waals surface area (Å²) in [6.45, 7) is 4.32. The first-order valence-electron chi connectivity index (χ1n) is 7.15. The minimum absolute atomic E-state index is 0.0880. The fourth-order valence-corrected chi connectivity index (χ4v) is 2.49. The first-order valence-corrected chi connectivity index (χ1v) is 7.15. The van der Waals surface area contributed by atoms with Crippen LogP contribution in [0.4, 0.5) is 0 Å². The summed E-state index contributed by atoms with van der Waals surface area (Å²) in [5.74, 6) is 1.41. The number of Topliss-reactive ketones (excluding diaryl/α,β-unsaturated/α-hetero) is 1. The van der Waals surface area contributed by atoms with Crippen molar-refractivity contribution in [2.75, 3.05) is 20.8 Å². The Balaban J connectivity index is 2.30. The number of hydrogen-bond donors (Lipinski definition) is 0. The molecule has 0 radical (unpaired) electrons.